The molecule has 0 spiro atoms. The molecule has 90 valence electrons. The maximum atomic E-state index is 8.88. The van der Waals surface area contributed by atoms with Crippen molar-refractivity contribution in [2.75, 3.05) is 43.4 Å². The van der Waals surface area contributed by atoms with Crippen molar-refractivity contribution in [2.24, 2.45) is 0 Å². The second kappa shape index (κ2) is 5.55. The van der Waals surface area contributed by atoms with Crippen LogP contribution in [0.5, 0.6) is 0 Å². The average Bonchev–Trinajstić information content (AvgIpc) is 2.38. The SMILES string of the molecule is CNCCCN1CCNc2cc(C#N)ccc21. The summed E-state index contributed by atoms with van der Waals surface area (Å²) in [5.41, 5.74) is 3.01. The molecule has 0 radical (unpaired) electrons. The van der Waals surface area contributed by atoms with Crippen molar-refractivity contribution in [3.63, 3.8) is 0 Å². The van der Waals surface area contributed by atoms with Gasteiger partial charge >= 0.3 is 0 Å². The molecule has 1 aromatic carbocycles. The van der Waals surface area contributed by atoms with E-state index in [9.17, 15) is 0 Å². The van der Waals surface area contributed by atoms with E-state index in [0.717, 1.165) is 38.3 Å². The van der Waals surface area contributed by atoms with Gasteiger partial charge in [-0.1, -0.05) is 0 Å². The molecule has 2 rings (SSSR count). The molecule has 0 bridgehead atoms. The van der Waals surface area contributed by atoms with Gasteiger partial charge in [-0.2, -0.15) is 5.26 Å². The first-order valence-corrected chi connectivity index (χ1v) is 6.02. The number of fused-ring (bicyclic) bond motifs is 1. The fourth-order valence-corrected chi connectivity index (χ4v) is 2.15. The third kappa shape index (κ3) is 2.69. The number of nitrogens with one attached hydrogen (secondary N) is 2. The fraction of sp³-hybridized carbons (Fsp3) is 0.462. The molecule has 1 aliphatic rings. The van der Waals surface area contributed by atoms with Gasteiger partial charge in [-0.25, -0.2) is 0 Å². The number of hydrogen-bond acceptors (Lipinski definition) is 4. The summed E-state index contributed by atoms with van der Waals surface area (Å²) in [5.74, 6) is 0. The first kappa shape index (κ1) is 11.7. The second-order valence-electron chi connectivity index (χ2n) is 4.21. The third-order valence-electron chi connectivity index (χ3n) is 3.02. The summed E-state index contributed by atoms with van der Waals surface area (Å²) in [6.45, 7) is 4.07. The van der Waals surface area contributed by atoms with Crippen molar-refractivity contribution >= 4 is 11.4 Å². The highest BCUT2D eigenvalue weighted by atomic mass is 15.2. The molecule has 0 aliphatic carbocycles. The molecule has 0 atom stereocenters. The summed E-state index contributed by atoms with van der Waals surface area (Å²) >= 11 is 0. The Kier molecular flexibility index (Phi) is 3.84. The number of rotatable bonds is 4. The van der Waals surface area contributed by atoms with E-state index in [1.807, 2.05) is 25.2 Å². The van der Waals surface area contributed by atoms with Gasteiger partial charge in [0.25, 0.3) is 0 Å². The molecule has 1 aliphatic heterocycles. The monoisotopic (exact) mass is 230 g/mol. The molecular formula is C13H18N4. The third-order valence-corrected chi connectivity index (χ3v) is 3.02. The Bertz CT molecular complexity index is 422. The molecule has 4 nitrogen and oxygen atoms in total. The predicted octanol–water partition coefficient (Wildman–Crippen LogP) is 1.40. The van der Waals surface area contributed by atoms with E-state index in [4.69, 9.17) is 5.26 Å². The van der Waals surface area contributed by atoms with Crippen LogP contribution in [0.3, 0.4) is 0 Å². The van der Waals surface area contributed by atoms with Crippen molar-refractivity contribution in [2.45, 2.75) is 6.42 Å². The van der Waals surface area contributed by atoms with Crippen molar-refractivity contribution in [1.29, 1.82) is 5.26 Å². The number of nitriles is 1. The lowest BCUT2D eigenvalue weighted by molar-refractivity contribution is 0.682. The summed E-state index contributed by atoms with van der Waals surface area (Å²) in [4.78, 5) is 2.38. The molecule has 0 saturated carbocycles. The van der Waals surface area contributed by atoms with E-state index in [2.05, 4.69) is 21.6 Å². The molecular weight excluding hydrogens is 212 g/mol. The summed E-state index contributed by atoms with van der Waals surface area (Å²) in [5, 5.41) is 15.4. The molecule has 2 N–H and O–H groups in total. The van der Waals surface area contributed by atoms with Gasteiger partial charge in [-0.3, -0.25) is 0 Å². The molecule has 17 heavy (non-hydrogen) atoms. The van der Waals surface area contributed by atoms with Gasteiger partial charge in [0, 0.05) is 19.6 Å². The predicted molar refractivity (Wildman–Crippen MR) is 70.4 cm³/mol. The van der Waals surface area contributed by atoms with Gasteiger partial charge in [0.15, 0.2) is 0 Å². The van der Waals surface area contributed by atoms with Crippen LogP contribution in [0.1, 0.15) is 12.0 Å². The van der Waals surface area contributed by atoms with Crippen LogP contribution in [0.2, 0.25) is 0 Å². The minimum absolute atomic E-state index is 0.716. The van der Waals surface area contributed by atoms with Crippen LogP contribution in [0.15, 0.2) is 18.2 Å². The fourth-order valence-electron chi connectivity index (χ4n) is 2.15. The van der Waals surface area contributed by atoms with Crippen LogP contribution >= 0.6 is 0 Å². The first-order chi connectivity index (χ1) is 8.35. The molecule has 1 aromatic rings. The molecule has 0 amide bonds. The lowest BCUT2D eigenvalue weighted by Crippen LogP contribution is -2.35. The average molecular weight is 230 g/mol. The number of benzene rings is 1. The Morgan fingerprint density at radius 1 is 1.53 bits per heavy atom. The van der Waals surface area contributed by atoms with Crippen LogP contribution in [0.25, 0.3) is 0 Å². The quantitative estimate of drug-likeness (QED) is 0.768. The van der Waals surface area contributed by atoms with Crippen molar-refractivity contribution in [3.8, 4) is 6.07 Å². The van der Waals surface area contributed by atoms with Crippen LogP contribution < -0.4 is 15.5 Å². The van der Waals surface area contributed by atoms with E-state index in [-0.39, 0.29) is 0 Å². The Morgan fingerprint density at radius 3 is 3.18 bits per heavy atom. The Morgan fingerprint density at radius 2 is 2.41 bits per heavy atom. The van der Waals surface area contributed by atoms with Crippen LogP contribution in [-0.4, -0.2) is 33.2 Å². The molecule has 0 saturated heterocycles. The van der Waals surface area contributed by atoms with Crippen LogP contribution in [-0.2, 0) is 0 Å². The van der Waals surface area contributed by atoms with E-state index in [1.54, 1.807) is 0 Å². The molecule has 4 heteroatoms. The number of nitrogens with zero attached hydrogens (tertiary/aromatic N) is 2. The topological polar surface area (TPSA) is 51.1 Å². The largest absolute Gasteiger partial charge is 0.382 e. The van der Waals surface area contributed by atoms with Gasteiger partial charge < -0.3 is 15.5 Å². The molecule has 1 heterocycles. The van der Waals surface area contributed by atoms with E-state index >= 15 is 0 Å². The highest BCUT2D eigenvalue weighted by Crippen LogP contribution is 2.29. The lowest BCUT2D eigenvalue weighted by atomic mass is 10.1. The lowest BCUT2D eigenvalue weighted by Gasteiger charge is -2.32. The Labute approximate surface area is 102 Å². The van der Waals surface area contributed by atoms with Gasteiger partial charge in [0.1, 0.15) is 0 Å². The summed E-state index contributed by atoms with van der Waals surface area (Å²) in [6.07, 6.45) is 1.13. The number of hydrogen-bond donors (Lipinski definition) is 2. The Balaban J connectivity index is 2.12. The van der Waals surface area contributed by atoms with Gasteiger partial charge in [-0.15, -0.1) is 0 Å². The maximum absolute atomic E-state index is 8.88. The first-order valence-electron chi connectivity index (χ1n) is 6.02. The standard InChI is InChI=1S/C13H18N4/c1-15-5-2-7-17-8-6-16-12-9-11(10-14)3-4-13(12)17/h3-4,9,15-16H,2,5-8H2,1H3. The summed E-state index contributed by atoms with van der Waals surface area (Å²) in [7, 11) is 1.98. The van der Waals surface area contributed by atoms with Gasteiger partial charge in [0.05, 0.1) is 23.0 Å². The highest BCUT2D eigenvalue weighted by molar-refractivity contribution is 5.73. The molecule has 0 unspecified atom stereocenters. The zero-order valence-electron chi connectivity index (χ0n) is 10.2. The zero-order valence-corrected chi connectivity index (χ0v) is 10.2. The zero-order chi connectivity index (χ0) is 12.1. The van der Waals surface area contributed by atoms with E-state index in [0.29, 0.717) is 5.56 Å². The Hall–Kier alpha value is -1.73. The normalized spacial score (nSPS) is 13.8. The van der Waals surface area contributed by atoms with Crippen molar-refractivity contribution < 1.29 is 0 Å². The van der Waals surface area contributed by atoms with E-state index in [1.165, 1.54) is 5.69 Å². The minimum Gasteiger partial charge on any atom is -0.382 e. The smallest absolute Gasteiger partial charge is 0.0992 e. The van der Waals surface area contributed by atoms with Crippen LogP contribution in [0, 0.1) is 11.3 Å². The highest BCUT2D eigenvalue weighted by Gasteiger charge is 2.15. The second-order valence-corrected chi connectivity index (χ2v) is 4.21. The van der Waals surface area contributed by atoms with Gasteiger partial charge in [-0.05, 0) is 38.2 Å². The maximum Gasteiger partial charge on any atom is 0.0992 e. The van der Waals surface area contributed by atoms with Crippen LogP contribution in [0.4, 0.5) is 11.4 Å². The minimum atomic E-state index is 0.716. The van der Waals surface area contributed by atoms with Crippen molar-refractivity contribution in [1.82, 2.24) is 5.32 Å². The number of anilines is 2. The molecule has 0 fully saturated rings. The van der Waals surface area contributed by atoms with Crippen molar-refractivity contribution in [3.05, 3.63) is 23.8 Å². The summed E-state index contributed by atoms with van der Waals surface area (Å²) < 4.78 is 0. The van der Waals surface area contributed by atoms with Gasteiger partial charge in [0.2, 0.25) is 0 Å². The summed E-state index contributed by atoms with van der Waals surface area (Å²) in [6, 6.07) is 8.03. The van der Waals surface area contributed by atoms with E-state index < -0.39 is 0 Å². The molecule has 0 aromatic heterocycles.